The molecule has 2 N–H and O–H groups in total. The number of hydrogen-bond acceptors (Lipinski definition) is 6. The Morgan fingerprint density at radius 1 is 1.28 bits per heavy atom. The van der Waals surface area contributed by atoms with Crippen LogP contribution in [0.5, 0.6) is 0 Å². The first kappa shape index (κ1) is 21.1. The number of Topliss-reactive ketones (excluding diaryl/α,β-unsaturated/α-hetero) is 1. The lowest BCUT2D eigenvalue weighted by molar-refractivity contribution is -0.114. The fourth-order valence-corrected chi connectivity index (χ4v) is 4.00. The number of halogens is 1. The number of aromatic nitrogens is 2. The number of anilines is 1. The predicted molar refractivity (Wildman–Crippen MR) is 115 cm³/mol. The predicted octanol–water partition coefficient (Wildman–Crippen LogP) is 4.83. The summed E-state index contributed by atoms with van der Waals surface area (Å²) in [5.41, 5.74) is 1.92. The minimum Gasteiger partial charge on any atom is -0.393 e. The number of aliphatic hydroxyl groups excluding tert-OH is 1. The monoisotopic (exact) mass is 429 g/mol. The molecule has 8 heteroatoms. The van der Waals surface area contributed by atoms with Crippen molar-refractivity contribution >= 4 is 40.4 Å². The van der Waals surface area contributed by atoms with Crippen LogP contribution < -0.4 is 5.32 Å². The SMILES string of the molecule is CC(=O)Nc1cc(-c2nc(-c3ccccc3Cl)c(C(=O)CC[C@@H](C)O)s2)ccn1. The first-order valence-corrected chi connectivity index (χ1v) is 10.3. The van der Waals surface area contributed by atoms with Crippen molar-refractivity contribution in [3.8, 4) is 21.8 Å². The second-order valence-electron chi connectivity index (χ2n) is 6.60. The molecular weight excluding hydrogens is 410 g/mol. The van der Waals surface area contributed by atoms with Crippen LogP contribution in [0.2, 0.25) is 5.02 Å². The fourth-order valence-electron chi connectivity index (χ4n) is 2.73. The Morgan fingerprint density at radius 3 is 2.72 bits per heavy atom. The van der Waals surface area contributed by atoms with Gasteiger partial charge < -0.3 is 10.4 Å². The van der Waals surface area contributed by atoms with Gasteiger partial charge in [-0.1, -0.05) is 29.8 Å². The number of thiazole rings is 1. The van der Waals surface area contributed by atoms with E-state index in [1.165, 1.54) is 18.3 Å². The van der Waals surface area contributed by atoms with Gasteiger partial charge in [-0.25, -0.2) is 9.97 Å². The molecule has 1 atom stereocenters. The molecule has 3 rings (SSSR count). The van der Waals surface area contributed by atoms with Gasteiger partial charge in [0.1, 0.15) is 10.8 Å². The van der Waals surface area contributed by atoms with Crippen molar-refractivity contribution in [1.82, 2.24) is 9.97 Å². The molecule has 1 aromatic carbocycles. The van der Waals surface area contributed by atoms with Crippen LogP contribution in [0.3, 0.4) is 0 Å². The Balaban J connectivity index is 2.06. The van der Waals surface area contributed by atoms with Crippen LogP contribution in [0.1, 0.15) is 36.4 Å². The summed E-state index contributed by atoms with van der Waals surface area (Å²) >= 11 is 7.62. The molecule has 1 amide bonds. The van der Waals surface area contributed by atoms with E-state index in [0.29, 0.717) is 38.4 Å². The molecule has 150 valence electrons. The Morgan fingerprint density at radius 2 is 2.03 bits per heavy atom. The highest BCUT2D eigenvalue weighted by molar-refractivity contribution is 7.17. The largest absolute Gasteiger partial charge is 0.393 e. The van der Waals surface area contributed by atoms with Crippen LogP contribution in [0.25, 0.3) is 21.8 Å². The van der Waals surface area contributed by atoms with E-state index in [-0.39, 0.29) is 18.1 Å². The number of amides is 1. The van der Waals surface area contributed by atoms with Gasteiger partial charge in [0.2, 0.25) is 5.91 Å². The molecule has 2 heterocycles. The van der Waals surface area contributed by atoms with Gasteiger partial charge in [-0.3, -0.25) is 9.59 Å². The van der Waals surface area contributed by atoms with Crippen molar-refractivity contribution in [3.05, 3.63) is 52.5 Å². The summed E-state index contributed by atoms with van der Waals surface area (Å²) in [5.74, 6) is 0.0896. The Hall–Kier alpha value is -2.61. The van der Waals surface area contributed by atoms with E-state index in [2.05, 4.69) is 10.3 Å². The zero-order chi connectivity index (χ0) is 21.0. The smallest absolute Gasteiger partial charge is 0.222 e. The zero-order valence-electron chi connectivity index (χ0n) is 16.0. The molecular formula is C21H20ClN3O3S. The minimum absolute atomic E-state index is 0.0966. The lowest BCUT2D eigenvalue weighted by Gasteiger charge is -2.05. The van der Waals surface area contributed by atoms with Crippen LogP contribution >= 0.6 is 22.9 Å². The van der Waals surface area contributed by atoms with E-state index >= 15 is 0 Å². The van der Waals surface area contributed by atoms with E-state index in [4.69, 9.17) is 16.6 Å². The molecule has 0 saturated heterocycles. The average molecular weight is 430 g/mol. The molecule has 0 bridgehead atoms. The first-order valence-electron chi connectivity index (χ1n) is 9.06. The summed E-state index contributed by atoms with van der Waals surface area (Å²) in [6, 6.07) is 10.7. The Labute approximate surface area is 177 Å². The summed E-state index contributed by atoms with van der Waals surface area (Å²) in [4.78, 5) is 33.5. The van der Waals surface area contributed by atoms with Gasteiger partial charge in [0.25, 0.3) is 0 Å². The molecule has 0 spiro atoms. The molecule has 2 aromatic heterocycles. The molecule has 0 aliphatic heterocycles. The van der Waals surface area contributed by atoms with Gasteiger partial charge in [0, 0.05) is 30.7 Å². The van der Waals surface area contributed by atoms with Gasteiger partial charge in [0.05, 0.1) is 21.7 Å². The normalized spacial score (nSPS) is 11.9. The topological polar surface area (TPSA) is 92.2 Å². The molecule has 29 heavy (non-hydrogen) atoms. The van der Waals surface area contributed by atoms with E-state index in [0.717, 1.165) is 5.56 Å². The maximum absolute atomic E-state index is 12.9. The summed E-state index contributed by atoms with van der Waals surface area (Å²) in [6.07, 6.45) is 1.60. The number of rotatable bonds is 7. The lowest BCUT2D eigenvalue weighted by Crippen LogP contribution is -2.07. The summed E-state index contributed by atoms with van der Waals surface area (Å²) in [6.45, 7) is 3.06. The van der Waals surface area contributed by atoms with Crippen LogP contribution in [0.15, 0.2) is 42.6 Å². The van der Waals surface area contributed by atoms with E-state index in [9.17, 15) is 14.7 Å². The number of pyridine rings is 1. The number of ketones is 1. The van der Waals surface area contributed by atoms with Crippen molar-refractivity contribution < 1.29 is 14.7 Å². The molecule has 0 aliphatic carbocycles. The number of benzene rings is 1. The second kappa shape index (κ2) is 9.26. The van der Waals surface area contributed by atoms with Gasteiger partial charge in [-0.05, 0) is 31.5 Å². The van der Waals surface area contributed by atoms with Gasteiger partial charge in [0.15, 0.2) is 5.78 Å². The zero-order valence-corrected chi connectivity index (χ0v) is 17.5. The van der Waals surface area contributed by atoms with Crippen LogP contribution in [0, 0.1) is 0 Å². The standard InChI is InChI=1S/C21H20ClN3O3S/c1-12(26)7-8-17(28)20-19(15-5-3-4-6-16(15)22)25-21(29-20)14-9-10-23-18(11-14)24-13(2)27/h3-6,9-12,26H,7-8H2,1-2H3,(H,23,24,27)/t12-/m1/s1. The Bertz CT molecular complexity index is 1050. The molecule has 0 unspecified atom stereocenters. The highest BCUT2D eigenvalue weighted by atomic mass is 35.5. The van der Waals surface area contributed by atoms with Crippen LogP contribution in [0.4, 0.5) is 5.82 Å². The van der Waals surface area contributed by atoms with Crippen LogP contribution in [-0.4, -0.2) is 32.9 Å². The average Bonchev–Trinajstić information content (AvgIpc) is 3.11. The summed E-state index contributed by atoms with van der Waals surface area (Å²) in [5, 5.41) is 13.3. The van der Waals surface area contributed by atoms with E-state index < -0.39 is 6.10 Å². The highest BCUT2D eigenvalue weighted by Gasteiger charge is 2.22. The Kier molecular flexibility index (Phi) is 6.74. The van der Waals surface area contributed by atoms with Crippen molar-refractivity contribution in [3.63, 3.8) is 0 Å². The molecule has 6 nitrogen and oxygen atoms in total. The number of nitrogens with one attached hydrogen (secondary N) is 1. The van der Waals surface area contributed by atoms with Gasteiger partial charge in [-0.2, -0.15) is 0 Å². The summed E-state index contributed by atoms with van der Waals surface area (Å²) < 4.78 is 0. The molecule has 3 aromatic rings. The van der Waals surface area contributed by atoms with Crippen LogP contribution in [-0.2, 0) is 4.79 Å². The van der Waals surface area contributed by atoms with Crippen molar-refractivity contribution in [2.75, 3.05) is 5.32 Å². The van der Waals surface area contributed by atoms with E-state index in [1.54, 1.807) is 31.3 Å². The second-order valence-corrected chi connectivity index (χ2v) is 8.00. The molecule has 0 aliphatic rings. The van der Waals surface area contributed by atoms with Crippen molar-refractivity contribution in [2.24, 2.45) is 0 Å². The van der Waals surface area contributed by atoms with E-state index in [1.807, 2.05) is 18.2 Å². The maximum Gasteiger partial charge on any atom is 0.222 e. The third-order valence-corrected chi connectivity index (χ3v) is 5.58. The molecule has 0 radical (unpaired) electrons. The summed E-state index contributed by atoms with van der Waals surface area (Å²) in [7, 11) is 0. The van der Waals surface area contributed by atoms with Gasteiger partial charge >= 0.3 is 0 Å². The number of carbonyl (C=O) groups is 2. The van der Waals surface area contributed by atoms with Crippen molar-refractivity contribution in [2.45, 2.75) is 32.8 Å². The van der Waals surface area contributed by atoms with Crippen molar-refractivity contribution in [1.29, 1.82) is 0 Å². The number of aliphatic hydroxyl groups is 1. The third-order valence-electron chi connectivity index (χ3n) is 4.11. The van der Waals surface area contributed by atoms with Gasteiger partial charge in [-0.15, -0.1) is 11.3 Å². The number of hydrogen-bond donors (Lipinski definition) is 2. The fraction of sp³-hybridized carbons (Fsp3) is 0.238. The quantitative estimate of drug-likeness (QED) is 0.525. The minimum atomic E-state index is -0.560. The first-order chi connectivity index (χ1) is 13.8. The highest BCUT2D eigenvalue weighted by Crippen LogP contribution is 2.38. The molecule has 0 fully saturated rings. The lowest BCUT2D eigenvalue weighted by atomic mass is 10.1. The number of nitrogens with zero attached hydrogens (tertiary/aromatic N) is 2. The maximum atomic E-state index is 12.9. The molecule has 0 saturated carbocycles. The number of carbonyl (C=O) groups excluding carboxylic acids is 2. The third kappa shape index (κ3) is 5.26.